The highest BCUT2D eigenvalue weighted by Gasteiger charge is 2.32. The molecular weight excluding hydrogens is 287 g/mol. The molecule has 5 nitrogen and oxygen atoms in total. The van der Waals surface area contributed by atoms with E-state index in [-0.39, 0.29) is 12.2 Å². The van der Waals surface area contributed by atoms with Crippen LogP contribution in [0.1, 0.15) is 12.0 Å². The normalized spacial score (nSPS) is 22.1. The number of aliphatic hydroxyl groups is 1. The Balaban J connectivity index is 1.91. The van der Waals surface area contributed by atoms with Crippen molar-refractivity contribution < 1.29 is 23.1 Å². The number of alkyl halides is 3. The molecule has 0 aromatic heterocycles. The number of urea groups is 1. The molecule has 116 valence electrons. The molecule has 2 rings (SSSR count). The number of anilines is 1. The van der Waals surface area contributed by atoms with Crippen LogP contribution in [0.2, 0.25) is 0 Å². The first-order valence-electron chi connectivity index (χ1n) is 6.44. The number of amides is 2. The van der Waals surface area contributed by atoms with Gasteiger partial charge in [-0.1, -0.05) is 6.07 Å². The first-order chi connectivity index (χ1) is 9.78. The Hall–Kier alpha value is -1.80. The molecule has 1 aromatic rings. The lowest BCUT2D eigenvalue weighted by Crippen LogP contribution is -2.45. The van der Waals surface area contributed by atoms with Crippen LogP contribution >= 0.6 is 0 Å². The van der Waals surface area contributed by atoms with Gasteiger partial charge in [0.2, 0.25) is 0 Å². The fourth-order valence-corrected chi connectivity index (χ4v) is 2.07. The van der Waals surface area contributed by atoms with Crippen LogP contribution in [0.25, 0.3) is 0 Å². The van der Waals surface area contributed by atoms with Gasteiger partial charge in [-0.25, -0.2) is 4.79 Å². The van der Waals surface area contributed by atoms with Gasteiger partial charge in [0.05, 0.1) is 11.2 Å². The highest BCUT2D eigenvalue weighted by atomic mass is 19.4. The van der Waals surface area contributed by atoms with Crippen molar-refractivity contribution in [2.45, 2.75) is 18.2 Å². The summed E-state index contributed by atoms with van der Waals surface area (Å²) in [6.45, 7) is 1.06. The molecule has 4 N–H and O–H groups in total. The number of β-amino-alcohol motifs (C(OH)–C–C–N with tert-alkyl or cyclic N) is 1. The van der Waals surface area contributed by atoms with Crippen LogP contribution < -0.4 is 16.0 Å². The molecule has 0 radical (unpaired) electrons. The lowest BCUT2D eigenvalue weighted by molar-refractivity contribution is -0.137. The molecule has 0 bridgehead atoms. The first-order valence-corrected chi connectivity index (χ1v) is 6.44. The van der Waals surface area contributed by atoms with E-state index in [2.05, 4.69) is 16.0 Å². The minimum Gasteiger partial charge on any atom is -0.387 e. The molecular formula is C13H16F3N3O2. The van der Waals surface area contributed by atoms with E-state index in [4.69, 9.17) is 0 Å². The average Bonchev–Trinajstić information content (AvgIpc) is 2.83. The number of hydrogen-bond acceptors (Lipinski definition) is 3. The summed E-state index contributed by atoms with van der Waals surface area (Å²) in [5.74, 6) is 0. The van der Waals surface area contributed by atoms with Crippen molar-refractivity contribution in [1.82, 2.24) is 10.6 Å². The van der Waals surface area contributed by atoms with Crippen LogP contribution in [0.4, 0.5) is 23.7 Å². The molecule has 1 heterocycles. The monoisotopic (exact) mass is 303 g/mol. The molecule has 0 saturated carbocycles. The fourth-order valence-electron chi connectivity index (χ4n) is 2.07. The third-order valence-electron chi connectivity index (χ3n) is 3.25. The molecule has 1 aromatic carbocycles. The maximum absolute atomic E-state index is 12.5. The second-order valence-corrected chi connectivity index (χ2v) is 5.04. The number of carbonyl (C=O) groups is 1. The average molecular weight is 303 g/mol. The second-order valence-electron chi connectivity index (χ2n) is 5.04. The van der Waals surface area contributed by atoms with Crippen LogP contribution in [0.3, 0.4) is 0 Å². The highest BCUT2D eigenvalue weighted by molar-refractivity contribution is 5.89. The zero-order valence-electron chi connectivity index (χ0n) is 11.1. The zero-order valence-corrected chi connectivity index (χ0v) is 11.1. The Morgan fingerprint density at radius 3 is 2.81 bits per heavy atom. The minimum atomic E-state index is -4.46. The smallest absolute Gasteiger partial charge is 0.387 e. The molecule has 1 fully saturated rings. The molecule has 0 spiro atoms. The molecule has 0 unspecified atom stereocenters. The van der Waals surface area contributed by atoms with Crippen molar-refractivity contribution in [3.8, 4) is 0 Å². The molecule has 1 aliphatic rings. The molecule has 1 saturated heterocycles. The number of hydrogen-bond donors (Lipinski definition) is 4. The van der Waals surface area contributed by atoms with Crippen molar-refractivity contribution >= 4 is 11.7 Å². The van der Waals surface area contributed by atoms with Gasteiger partial charge in [0.25, 0.3) is 0 Å². The SMILES string of the molecule is O=C(NC[C@@]1(O)CCNC1)Nc1cccc(C(F)(F)F)c1. The largest absolute Gasteiger partial charge is 0.416 e. The van der Waals surface area contributed by atoms with Crippen molar-refractivity contribution in [3.63, 3.8) is 0 Å². The Bertz CT molecular complexity index is 514. The number of halogens is 3. The fraction of sp³-hybridized carbons (Fsp3) is 0.462. The first kappa shape index (κ1) is 15.6. The minimum absolute atomic E-state index is 0.0325. The Morgan fingerprint density at radius 2 is 2.19 bits per heavy atom. The lowest BCUT2D eigenvalue weighted by atomic mass is 10.0. The van der Waals surface area contributed by atoms with E-state index in [1.165, 1.54) is 12.1 Å². The summed E-state index contributed by atoms with van der Waals surface area (Å²) in [5, 5.41) is 17.7. The van der Waals surface area contributed by atoms with Gasteiger partial charge in [-0.2, -0.15) is 13.2 Å². The molecule has 1 atom stereocenters. The zero-order chi connectivity index (χ0) is 15.5. The summed E-state index contributed by atoms with van der Waals surface area (Å²) < 4.78 is 37.6. The van der Waals surface area contributed by atoms with Gasteiger partial charge in [0, 0.05) is 18.8 Å². The number of rotatable bonds is 3. The summed E-state index contributed by atoms with van der Waals surface area (Å²) in [4.78, 5) is 11.6. The molecule has 21 heavy (non-hydrogen) atoms. The number of nitrogens with one attached hydrogen (secondary N) is 3. The van der Waals surface area contributed by atoms with Gasteiger partial charge in [-0.05, 0) is 31.2 Å². The molecule has 2 amide bonds. The predicted molar refractivity (Wildman–Crippen MR) is 70.9 cm³/mol. The van der Waals surface area contributed by atoms with E-state index in [1.807, 2.05) is 0 Å². The van der Waals surface area contributed by atoms with Gasteiger partial charge >= 0.3 is 12.2 Å². The third kappa shape index (κ3) is 4.33. The van der Waals surface area contributed by atoms with Crippen LogP contribution in [0, 0.1) is 0 Å². The van der Waals surface area contributed by atoms with E-state index in [0.29, 0.717) is 19.5 Å². The van der Waals surface area contributed by atoms with Gasteiger partial charge < -0.3 is 21.1 Å². The van der Waals surface area contributed by atoms with Crippen LogP contribution in [-0.2, 0) is 6.18 Å². The summed E-state index contributed by atoms with van der Waals surface area (Å²) >= 11 is 0. The molecule has 1 aliphatic heterocycles. The number of carbonyl (C=O) groups excluding carboxylic acids is 1. The highest BCUT2D eigenvalue weighted by Crippen LogP contribution is 2.30. The lowest BCUT2D eigenvalue weighted by Gasteiger charge is -2.21. The van der Waals surface area contributed by atoms with Crippen molar-refractivity contribution in [2.75, 3.05) is 25.0 Å². The van der Waals surface area contributed by atoms with E-state index < -0.39 is 23.4 Å². The van der Waals surface area contributed by atoms with Crippen molar-refractivity contribution in [3.05, 3.63) is 29.8 Å². The quantitative estimate of drug-likeness (QED) is 0.684. The summed E-state index contributed by atoms with van der Waals surface area (Å²) in [5.41, 5.74) is -1.80. The van der Waals surface area contributed by atoms with Crippen molar-refractivity contribution in [1.29, 1.82) is 0 Å². The third-order valence-corrected chi connectivity index (χ3v) is 3.25. The van der Waals surface area contributed by atoms with Crippen LogP contribution in [0.15, 0.2) is 24.3 Å². The summed E-state index contributed by atoms with van der Waals surface area (Å²) in [6.07, 6.45) is -3.95. The second kappa shape index (κ2) is 5.90. The van der Waals surface area contributed by atoms with E-state index >= 15 is 0 Å². The van der Waals surface area contributed by atoms with E-state index in [1.54, 1.807) is 0 Å². The Labute approximate surface area is 119 Å². The van der Waals surface area contributed by atoms with Crippen molar-refractivity contribution in [2.24, 2.45) is 0 Å². The summed E-state index contributed by atoms with van der Waals surface area (Å²) in [7, 11) is 0. The molecule has 0 aliphatic carbocycles. The van der Waals surface area contributed by atoms with Crippen LogP contribution in [0.5, 0.6) is 0 Å². The number of benzene rings is 1. The topological polar surface area (TPSA) is 73.4 Å². The van der Waals surface area contributed by atoms with Gasteiger partial charge in [-0.15, -0.1) is 0 Å². The van der Waals surface area contributed by atoms with Gasteiger partial charge in [0.1, 0.15) is 0 Å². The molecule has 8 heteroatoms. The van der Waals surface area contributed by atoms with E-state index in [9.17, 15) is 23.1 Å². The maximum Gasteiger partial charge on any atom is 0.416 e. The van der Waals surface area contributed by atoms with E-state index in [0.717, 1.165) is 12.1 Å². The standard InChI is InChI=1S/C13H16F3N3O2/c14-13(15,16)9-2-1-3-10(6-9)19-11(20)18-8-12(21)4-5-17-7-12/h1-3,6,17,21H,4-5,7-8H2,(H2,18,19,20)/t12-/m1/s1. The maximum atomic E-state index is 12.5. The van der Waals surface area contributed by atoms with Crippen LogP contribution in [-0.4, -0.2) is 36.4 Å². The van der Waals surface area contributed by atoms with Gasteiger partial charge in [0.15, 0.2) is 0 Å². The Kier molecular flexibility index (Phi) is 4.38. The Morgan fingerprint density at radius 1 is 1.43 bits per heavy atom. The predicted octanol–water partition coefficient (Wildman–Crippen LogP) is 1.55. The summed E-state index contributed by atoms with van der Waals surface area (Å²) in [6, 6.07) is 3.70. The van der Waals surface area contributed by atoms with Gasteiger partial charge in [-0.3, -0.25) is 0 Å².